The Labute approximate surface area is 78.3 Å². The van der Waals surface area contributed by atoms with Gasteiger partial charge in [0.2, 0.25) is 0 Å². The molecular weight excluding hydrogens is 262 g/mol. The first-order valence-electron chi connectivity index (χ1n) is 2.75. The average Bonchev–Trinajstić information content (AvgIpc) is 1.77. The van der Waals surface area contributed by atoms with Crippen molar-refractivity contribution in [1.82, 2.24) is 0 Å². The van der Waals surface area contributed by atoms with Gasteiger partial charge in [-0.1, -0.05) is 3.89 Å². The third-order valence-electron chi connectivity index (χ3n) is 1.01. The number of halogens is 6. The normalized spacial score (nSPS) is 15.5. The van der Waals surface area contributed by atoms with Crippen LogP contribution in [0.15, 0.2) is 0 Å². The van der Waals surface area contributed by atoms with Gasteiger partial charge in [0.05, 0.1) is 0 Å². The molecule has 0 rings (SSSR count). The summed E-state index contributed by atoms with van der Waals surface area (Å²) in [5.74, 6) is -5.83. The van der Waals surface area contributed by atoms with E-state index in [0.29, 0.717) is 0 Å². The summed E-state index contributed by atoms with van der Waals surface area (Å²) >= 11 is 0. The Hall–Kier alpha value is -0.590. The third-order valence-corrected chi connectivity index (χ3v) is 1.41. The Balaban J connectivity index is 5.21. The van der Waals surface area contributed by atoms with Gasteiger partial charge in [0.15, 0.2) is 0 Å². The van der Waals surface area contributed by atoms with Gasteiger partial charge < -0.3 is 10.2 Å². The molecule has 0 radical (unpaired) electrons. The van der Waals surface area contributed by atoms with Gasteiger partial charge in [-0.25, -0.2) is 0 Å². The van der Waals surface area contributed by atoms with Gasteiger partial charge in [-0.05, 0) is 0 Å². The zero-order valence-corrected chi connectivity index (χ0v) is 7.11. The van der Waals surface area contributed by atoms with E-state index in [-0.39, 0.29) is 0 Å². The maximum absolute atomic E-state index is 12.1. The molecule has 0 aliphatic rings. The van der Waals surface area contributed by atoms with Crippen LogP contribution in [0.2, 0.25) is 0 Å². The van der Waals surface area contributed by atoms with Gasteiger partial charge in [-0.3, -0.25) is 0 Å². The lowest BCUT2D eigenvalue weighted by molar-refractivity contribution is -0.456. The van der Waals surface area contributed by atoms with Crippen LogP contribution in [0.25, 0.3) is 0 Å². The predicted molar refractivity (Wildman–Crippen MR) is 29.3 cm³/mol. The Morgan fingerprint density at radius 1 is 1.00 bits per heavy atom. The molecule has 0 saturated carbocycles. The molecule has 92 valence electrons. The van der Waals surface area contributed by atoms with Gasteiger partial charge in [0, 0.05) is 0 Å². The second-order valence-electron chi connectivity index (χ2n) is 2.16. The SMILES string of the molecule is O=S(=O)(F)OC(F)(F)C(O)(O)C(F)(F)F. The molecule has 0 amide bonds. The molecule has 0 aromatic rings. The van der Waals surface area contributed by atoms with Crippen LogP contribution in [0.5, 0.6) is 0 Å². The topological polar surface area (TPSA) is 83.8 Å². The summed E-state index contributed by atoms with van der Waals surface area (Å²) in [6.45, 7) is 0. The first-order valence-corrected chi connectivity index (χ1v) is 4.06. The molecule has 0 aromatic carbocycles. The van der Waals surface area contributed by atoms with E-state index >= 15 is 0 Å². The Bertz CT molecular complexity index is 329. The number of hydrogen-bond donors (Lipinski definition) is 2. The minimum atomic E-state index is -6.50. The zero-order valence-electron chi connectivity index (χ0n) is 6.30. The Morgan fingerprint density at radius 3 is 1.53 bits per heavy atom. The van der Waals surface area contributed by atoms with Crippen molar-refractivity contribution in [3.8, 4) is 0 Å². The number of hydrogen-bond acceptors (Lipinski definition) is 5. The highest BCUT2D eigenvalue weighted by Gasteiger charge is 2.72. The molecule has 0 heterocycles. The van der Waals surface area contributed by atoms with Gasteiger partial charge >= 0.3 is 28.6 Å². The maximum Gasteiger partial charge on any atom is 0.452 e. The molecule has 15 heavy (non-hydrogen) atoms. The fourth-order valence-corrected chi connectivity index (χ4v) is 0.714. The predicted octanol–water partition coefficient (Wildman–Crippen LogP) is 0.0533. The van der Waals surface area contributed by atoms with Crippen LogP contribution in [-0.2, 0) is 14.7 Å². The van der Waals surface area contributed by atoms with Crippen LogP contribution < -0.4 is 0 Å². The van der Waals surface area contributed by atoms with Crippen LogP contribution in [0, 0.1) is 0 Å². The summed E-state index contributed by atoms with van der Waals surface area (Å²) in [7, 11) is -6.50. The van der Waals surface area contributed by atoms with Crippen LogP contribution >= 0.6 is 0 Å². The van der Waals surface area contributed by atoms with E-state index in [2.05, 4.69) is 0 Å². The molecule has 0 spiro atoms. The van der Waals surface area contributed by atoms with E-state index in [1.54, 1.807) is 0 Å². The molecule has 0 aliphatic carbocycles. The van der Waals surface area contributed by atoms with Crippen LogP contribution in [-0.4, -0.2) is 36.7 Å². The fraction of sp³-hybridized carbons (Fsp3) is 1.00. The first-order chi connectivity index (χ1) is 6.21. The summed E-state index contributed by atoms with van der Waals surface area (Å²) in [4.78, 5) is 0. The molecule has 0 saturated heterocycles. The van der Waals surface area contributed by atoms with Gasteiger partial charge in [-0.15, -0.1) is 0 Å². The Morgan fingerprint density at radius 2 is 1.33 bits per heavy atom. The molecule has 0 atom stereocenters. The molecule has 0 aliphatic heterocycles. The van der Waals surface area contributed by atoms with Gasteiger partial charge in [0.1, 0.15) is 0 Å². The maximum atomic E-state index is 12.1. The van der Waals surface area contributed by atoms with E-state index in [1.165, 1.54) is 0 Å². The number of aliphatic hydroxyl groups is 2. The second kappa shape index (κ2) is 3.47. The highest BCUT2D eigenvalue weighted by molar-refractivity contribution is 7.81. The van der Waals surface area contributed by atoms with E-state index in [4.69, 9.17) is 10.2 Å². The summed E-state index contributed by atoms with van der Waals surface area (Å²) < 4.78 is 91.2. The van der Waals surface area contributed by atoms with Crippen molar-refractivity contribution in [1.29, 1.82) is 0 Å². The largest absolute Gasteiger partial charge is 0.452 e. The van der Waals surface area contributed by atoms with Crippen molar-refractivity contribution in [3.05, 3.63) is 0 Å². The number of alkyl halides is 5. The van der Waals surface area contributed by atoms with Crippen LogP contribution in [0.1, 0.15) is 0 Å². The third kappa shape index (κ3) is 3.19. The molecule has 12 heteroatoms. The van der Waals surface area contributed by atoms with Crippen molar-refractivity contribution < 1.29 is 48.7 Å². The molecule has 0 aromatic heterocycles. The number of rotatable bonds is 3. The van der Waals surface area contributed by atoms with E-state index in [0.717, 1.165) is 0 Å². The van der Waals surface area contributed by atoms with Crippen molar-refractivity contribution in [2.24, 2.45) is 0 Å². The second-order valence-corrected chi connectivity index (χ2v) is 3.12. The van der Waals surface area contributed by atoms with Crippen molar-refractivity contribution in [2.45, 2.75) is 18.1 Å². The first kappa shape index (κ1) is 14.4. The van der Waals surface area contributed by atoms with Gasteiger partial charge in [0.25, 0.3) is 0 Å². The molecule has 0 bridgehead atoms. The van der Waals surface area contributed by atoms with E-state index in [1.807, 2.05) is 4.18 Å². The minimum Gasteiger partial charge on any atom is -0.352 e. The molecule has 0 unspecified atom stereocenters. The summed E-state index contributed by atoms with van der Waals surface area (Å²) in [6, 6.07) is 0. The highest BCUT2D eigenvalue weighted by atomic mass is 32.3. The van der Waals surface area contributed by atoms with E-state index < -0.39 is 28.6 Å². The summed E-state index contributed by atoms with van der Waals surface area (Å²) in [5, 5.41) is 15.7. The smallest absolute Gasteiger partial charge is 0.352 e. The monoisotopic (exact) mass is 264 g/mol. The van der Waals surface area contributed by atoms with Crippen molar-refractivity contribution in [2.75, 3.05) is 0 Å². The lowest BCUT2D eigenvalue weighted by atomic mass is 10.2. The molecule has 0 fully saturated rings. The van der Waals surface area contributed by atoms with E-state index in [9.17, 15) is 34.3 Å². The minimum absolute atomic E-state index is 1.97. The summed E-state index contributed by atoms with van der Waals surface area (Å²) in [5.41, 5.74) is 0. The lowest BCUT2D eigenvalue weighted by Crippen LogP contribution is -2.60. The van der Waals surface area contributed by atoms with Crippen molar-refractivity contribution in [3.63, 3.8) is 0 Å². The molecular formula is C3H2F6O5S. The van der Waals surface area contributed by atoms with Crippen LogP contribution in [0.3, 0.4) is 0 Å². The Kier molecular flexibility index (Phi) is 3.33. The molecule has 2 N–H and O–H groups in total. The highest BCUT2D eigenvalue weighted by Crippen LogP contribution is 2.41. The standard InChI is InChI=1S/C3H2F6O5S/c4-2(5,6)1(10,11)3(7,8)14-15(9,12)13/h10-11H. The summed E-state index contributed by atoms with van der Waals surface area (Å²) in [6.07, 6.45) is -12.5. The van der Waals surface area contributed by atoms with Crippen LogP contribution in [0.4, 0.5) is 25.8 Å². The van der Waals surface area contributed by atoms with Crippen molar-refractivity contribution >= 4 is 10.5 Å². The van der Waals surface area contributed by atoms with Gasteiger partial charge in [-0.2, -0.15) is 34.6 Å². The molecule has 5 nitrogen and oxygen atoms in total. The average molecular weight is 264 g/mol. The zero-order chi connectivity index (χ0) is 12.7. The quantitative estimate of drug-likeness (QED) is 0.427. The fourth-order valence-electron chi connectivity index (χ4n) is 0.348. The lowest BCUT2D eigenvalue weighted by Gasteiger charge is -2.29.